The van der Waals surface area contributed by atoms with Gasteiger partial charge in [0.15, 0.2) is 0 Å². The van der Waals surface area contributed by atoms with E-state index in [2.05, 4.69) is 15.2 Å². The number of para-hydroxylation sites is 1. The molecule has 120 valence electrons. The van der Waals surface area contributed by atoms with Gasteiger partial charge in [-0.05, 0) is 26.0 Å². The highest BCUT2D eigenvalue weighted by molar-refractivity contribution is 5.92. The van der Waals surface area contributed by atoms with Crippen molar-refractivity contribution in [2.45, 2.75) is 26.3 Å². The summed E-state index contributed by atoms with van der Waals surface area (Å²) in [5.41, 5.74) is 0.825. The Morgan fingerprint density at radius 1 is 1.09 bits per heavy atom. The fraction of sp³-hybridized carbons (Fsp3) is 0.438. The van der Waals surface area contributed by atoms with Gasteiger partial charge in [0.1, 0.15) is 5.52 Å². The highest BCUT2D eigenvalue weighted by Crippen LogP contribution is 2.22. The Hall–Kier alpha value is -2.57. The average molecular weight is 313 g/mol. The highest BCUT2D eigenvalue weighted by atomic mass is 16.2. The maximum Gasteiger partial charge on any atom is 0.294 e. The third-order valence-electron chi connectivity index (χ3n) is 4.14. The largest absolute Gasteiger partial charge is 0.339 e. The fourth-order valence-electron chi connectivity index (χ4n) is 2.89. The van der Waals surface area contributed by atoms with Crippen molar-refractivity contribution in [3.8, 4) is 0 Å². The first-order chi connectivity index (χ1) is 10.9. The van der Waals surface area contributed by atoms with E-state index >= 15 is 0 Å². The van der Waals surface area contributed by atoms with Crippen LogP contribution in [0.15, 0.2) is 24.3 Å². The first-order valence-electron chi connectivity index (χ1n) is 7.55. The molecule has 1 aliphatic rings. The Morgan fingerprint density at radius 3 is 2.43 bits per heavy atom. The molecule has 0 aliphatic carbocycles. The summed E-state index contributed by atoms with van der Waals surface area (Å²) in [5.74, 6) is -0.140. The van der Waals surface area contributed by atoms with Gasteiger partial charge in [-0.25, -0.2) is 4.98 Å². The number of rotatable bonds is 1. The molecular formula is C16H19N5O2. The molecule has 1 saturated heterocycles. The van der Waals surface area contributed by atoms with Crippen LogP contribution in [0.25, 0.3) is 11.0 Å². The number of hydrogen-bond acceptors (Lipinski definition) is 5. The number of fused-ring (bicyclic) bond motifs is 1. The van der Waals surface area contributed by atoms with Crippen molar-refractivity contribution in [3.63, 3.8) is 0 Å². The van der Waals surface area contributed by atoms with Crippen molar-refractivity contribution in [1.29, 1.82) is 0 Å². The maximum absolute atomic E-state index is 12.8. The van der Waals surface area contributed by atoms with Crippen LogP contribution in [0.1, 0.15) is 31.4 Å². The van der Waals surface area contributed by atoms with E-state index in [-0.39, 0.29) is 17.6 Å². The Bertz CT molecular complexity index is 774. The number of carbonyl (C=O) groups is 2. The number of amides is 2. The standard InChI is InChI=1S/C16H19N5O2/c1-11(22)20-8-9-21(16(2,3)10-20)15(23)14-17-12-6-4-5-7-13(12)18-19-14/h4-7H,8-10H2,1-3H3. The molecule has 0 unspecified atom stereocenters. The van der Waals surface area contributed by atoms with Gasteiger partial charge in [0.25, 0.3) is 5.91 Å². The molecule has 1 aromatic heterocycles. The summed E-state index contributed by atoms with van der Waals surface area (Å²) in [6, 6.07) is 7.31. The molecule has 7 heteroatoms. The lowest BCUT2D eigenvalue weighted by molar-refractivity contribution is -0.133. The first-order valence-corrected chi connectivity index (χ1v) is 7.55. The number of carbonyl (C=O) groups excluding carboxylic acids is 2. The number of benzene rings is 1. The normalized spacial score (nSPS) is 17.3. The molecule has 0 spiro atoms. The maximum atomic E-state index is 12.8. The topological polar surface area (TPSA) is 79.3 Å². The van der Waals surface area contributed by atoms with E-state index in [9.17, 15) is 9.59 Å². The predicted octanol–water partition coefficient (Wildman–Crippen LogP) is 1.11. The van der Waals surface area contributed by atoms with E-state index in [0.29, 0.717) is 30.7 Å². The minimum Gasteiger partial charge on any atom is -0.339 e. The van der Waals surface area contributed by atoms with Gasteiger partial charge in [0.2, 0.25) is 11.7 Å². The zero-order valence-electron chi connectivity index (χ0n) is 13.5. The van der Waals surface area contributed by atoms with Crippen molar-refractivity contribution in [3.05, 3.63) is 30.1 Å². The number of nitrogens with zero attached hydrogens (tertiary/aromatic N) is 5. The minimum atomic E-state index is -0.476. The van der Waals surface area contributed by atoms with E-state index in [1.165, 1.54) is 0 Å². The molecule has 2 aromatic rings. The van der Waals surface area contributed by atoms with Crippen LogP contribution < -0.4 is 0 Å². The molecule has 0 bridgehead atoms. The molecular weight excluding hydrogens is 294 g/mol. The van der Waals surface area contributed by atoms with Crippen LogP contribution in [0.3, 0.4) is 0 Å². The van der Waals surface area contributed by atoms with Crippen molar-refractivity contribution in [2.75, 3.05) is 19.6 Å². The molecule has 0 N–H and O–H groups in total. The first kappa shape index (κ1) is 15.3. The second kappa shape index (κ2) is 5.57. The number of hydrogen-bond donors (Lipinski definition) is 0. The Labute approximate surface area is 134 Å². The minimum absolute atomic E-state index is 0.0220. The highest BCUT2D eigenvalue weighted by Gasteiger charge is 2.38. The summed E-state index contributed by atoms with van der Waals surface area (Å²) in [4.78, 5) is 32.2. The molecule has 2 heterocycles. The zero-order chi connectivity index (χ0) is 16.6. The number of piperazine rings is 1. The Morgan fingerprint density at radius 2 is 1.78 bits per heavy atom. The van der Waals surface area contributed by atoms with E-state index in [1.807, 2.05) is 26.0 Å². The van der Waals surface area contributed by atoms with E-state index in [0.717, 1.165) is 0 Å². The predicted molar refractivity (Wildman–Crippen MR) is 84.7 cm³/mol. The smallest absolute Gasteiger partial charge is 0.294 e. The molecule has 7 nitrogen and oxygen atoms in total. The summed E-state index contributed by atoms with van der Waals surface area (Å²) in [6.45, 7) is 6.90. The molecule has 0 atom stereocenters. The Balaban J connectivity index is 1.88. The van der Waals surface area contributed by atoms with Crippen molar-refractivity contribution in [1.82, 2.24) is 25.0 Å². The summed E-state index contributed by atoms with van der Waals surface area (Å²) in [6.07, 6.45) is 0. The monoisotopic (exact) mass is 313 g/mol. The van der Waals surface area contributed by atoms with Crippen LogP contribution in [0, 0.1) is 0 Å². The van der Waals surface area contributed by atoms with Crippen LogP contribution in [0.5, 0.6) is 0 Å². The second-order valence-electron chi connectivity index (χ2n) is 6.33. The van der Waals surface area contributed by atoms with Crippen LogP contribution in [-0.4, -0.2) is 62.0 Å². The molecule has 1 aliphatic heterocycles. The van der Waals surface area contributed by atoms with Gasteiger partial charge in [-0.3, -0.25) is 9.59 Å². The lowest BCUT2D eigenvalue weighted by Gasteiger charge is -2.46. The summed E-state index contributed by atoms with van der Waals surface area (Å²) >= 11 is 0. The summed E-state index contributed by atoms with van der Waals surface area (Å²) < 4.78 is 0. The molecule has 23 heavy (non-hydrogen) atoms. The third kappa shape index (κ3) is 2.86. The van der Waals surface area contributed by atoms with Crippen molar-refractivity contribution >= 4 is 22.8 Å². The van der Waals surface area contributed by atoms with Gasteiger partial charge in [-0.15, -0.1) is 10.2 Å². The van der Waals surface area contributed by atoms with E-state index in [4.69, 9.17) is 0 Å². The van der Waals surface area contributed by atoms with Gasteiger partial charge >= 0.3 is 0 Å². The molecule has 3 rings (SSSR count). The van der Waals surface area contributed by atoms with Crippen LogP contribution >= 0.6 is 0 Å². The molecule has 0 radical (unpaired) electrons. The second-order valence-corrected chi connectivity index (χ2v) is 6.33. The van der Waals surface area contributed by atoms with Gasteiger partial charge in [-0.2, -0.15) is 0 Å². The van der Waals surface area contributed by atoms with Crippen LogP contribution in [0.4, 0.5) is 0 Å². The average Bonchev–Trinajstić information content (AvgIpc) is 2.52. The molecule has 2 amide bonds. The molecule has 1 fully saturated rings. The summed E-state index contributed by atoms with van der Waals surface area (Å²) in [7, 11) is 0. The van der Waals surface area contributed by atoms with E-state index < -0.39 is 5.54 Å². The van der Waals surface area contributed by atoms with Gasteiger partial charge < -0.3 is 9.80 Å². The zero-order valence-corrected chi connectivity index (χ0v) is 13.5. The summed E-state index contributed by atoms with van der Waals surface area (Å²) in [5, 5.41) is 8.03. The number of aromatic nitrogens is 3. The van der Waals surface area contributed by atoms with Gasteiger partial charge in [0, 0.05) is 26.6 Å². The van der Waals surface area contributed by atoms with Crippen molar-refractivity contribution in [2.24, 2.45) is 0 Å². The SMILES string of the molecule is CC(=O)N1CCN(C(=O)c2nnc3ccccc3n2)C(C)(C)C1. The lowest BCUT2D eigenvalue weighted by atomic mass is 9.98. The molecule has 0 saturated carbocycles. The quantitative estimate of drug-likeness (QED) is 0.788. The van der Waals surface area contributed by atoms with Gasteiger partial charge in [-0.1, -0.05) is 12.1 Å². The van der Waals surface area contributed by atoms with Crippen LogP contribution in [-0.2, 0) is 4.79 Å². The van der Waals surface area contributed by atoms with E-state index in [1.54, 1.807) is 28.9 Å². The molecule has 1 aromatic carbocycles. The third-order valence-corrected chi connectivity index (χ3v) is 4.14. The lowest BCUT2D eigenvalue weighted by Crippen LogP contribution is -2.62. The van der Waals surface area contributed by atoms with Crippen molar-refractivity contribution < 1.29 is 9.59 Å². The van der Waals surface area contributed by atoms with Gasteiger partial charge in [0.05, 0.1) is 11.1 Å². The Kier molecular flexibility index (Phi) is 3.71. The van der Waals surface area contributed by atoms with Crippen LogP contribution in [0.2, 0.25) is 0 Å². The fourth-order valence-corrected chi connectivity index (χ4v) is 2.89.